The average molecular weight is 386 g/mol. The maximum Gasteiger partial charge on any atom is 0.434 e. The molecule has 0 aliphatic carbocycles. The molecule has 1 aliphatic rings. The van der Waals surface area contributed by atoms with Gasteiger partial charge >= 0.3 is 6.18 Å². The summed E-state index contributed by atoms with van der Waals surface area (Å²) >= 11 is 0. The maximum atomic E-state index is 11.8. The third kappa shape index (κ3) is 5.47. The zero-order chi connectivity index (χ0) is 20.0. The Hall–Kier alpha value is -2.53. The van der Waals surface area contributed by atoms with Crippen molar-refractivity contribution >= 4 is 11.6 Å². The molecule has 4 N–H and O–H groups in total. The highest BCUT2D eigenvalue weighted by atomic mass is 19.4. The molecule has 1 aliphatic heterocycles. The van der Waals surface area contributed by atoms with E-state index in [-0.39, 0.29) is 11.9 Å². The minimum atomic E-state index is -4.47. The molecule has 2 aromatic heterocycles. The number of anilines is 2. The van der Waals surface area contributed by atoms with Gasteiger partial charge in [0, 0.05) is 12.7 Å². The fraction of sp³-hybridized carbons (Fsp3) is 0.500. The lowest BCUT2D eigenvalue weighted by Gasteiger charge is -2.41. The number of piperidine rings is 1. The molecule has 3 heterocycles. The molecule has 3 atom stereocenters. The largest absolute Gasteiger partial charge is 0.434 e. The molecule has 27 heavy (non-hydrogen) atoms. The molecule has 8 nitrogen and oxygen atoms in total. The predicted octanol–water partition coefficient (Wildman–Crippen LogP) is 1.26. The summed E-state index contributed by atoms with van der Waals surface area (Å²) in [5, 5.41) is 27.4. The van der Waals surface area contributed by atoms with Crippen LogP contribution in [0.1, 0.15) is 25.5 Å². The molecule has 1 saturated heterocycles. The summed E-state index contributed by atoms with van der Waals surface area (Å²) in [6.07, 6.45) is -1.17. The SMILES string of the molecule is CCC1C(O)C(O)CCN1c1cccnn1.Nc1cncc(C(F)(F)F)n1. The Morgan fingerprint density at radius 3 is 2.56 bits per heavy atom. The van der Waals surface area contributed by atoms with Crippen molar-refractivity contribution in [3.8, 4) is 0 Å². The minimum absolute atomic E-state index is 0.0829. The molecule has 1 fully saturated rings. The smallest absolute Gasteiger partial charge is 0.390 e. The van der Waals surface area contributed by atoms with Gasteiger partial charge in [0.25, 0.3) is 0 Å². The van der Waals surface area contributed by atoms with E-state index in [2.05, 4.69) is 20.2 Å². The van der Waals surface area contributed by atoms with Gasteiger partial charge in [0.15, 0.2) is 11.5 Å². The summed E-state index contributed by atoms with van der Waals surface area (Å²) in [7, 11) is 0. The fourth-order valence-electron chi connectivity index (χ4n) is 2.76. The van der Waals surface area contributed by atoms with Crippen LogP contribution in [0.15, 0.2) is 30.7 Å². The molecule has 3 unspecified atom stereocenters. The summed E-state index contributed by atoms with van der Waals surface area (Å²) in [4.78, 5) is 8.30. The van der Waals surface area contributed by atoms with Gasteiger partial charge in [0.1, 0.15) is 11.9 Å². The van der Waals surface area contributed by atoms with Crippen LogP contribution in [0.4, 0.5) is 24.8 Å². The summed E-state index contributed by atoms with van der Waals surface area (Å²) in [6, 6.07) is 3.62. The van der Waals surface area contributed by atoms with E-state index in [1.807, 2.05) is 24.0 Å². The predicted molar refractivity (Wildman–Crippen MR) is 91.5 cm³/mol. The lowest BCUT2D eigenvalue weighted by molar-refractivity contribution is -0.141. The molecule has 3 rings (SSSR count). The number of halogens is 3. The van der Waals surface area contributed by atoms with Crippen LogP contribution in [0.2, 0.25) is 0 Å². The van der Waals surface area contributed by atoms with E-state index in [0.717, 1.165) is 18.4 Å². The van der Waals surface area contributed by atoms with E-state index in [0.29, 0.717) is 19.2 Å². The number of nitrogen functional groups attached to an aromatic ring is 1. The molecule has 0 bridgehead atoms. The molecular weight excluding hydrogens is 365 g/mol. The second kappa shape index (κ2) is 8.91. The van der Waals surface area contributed by atoms with E-state index in [1.54, 1.807) is 6.20 Å². The third-order valence-electron chi connectivity index (χ3n) is 4.07. The first-order chi connectivity index (χ1) is 12.7. The van der Waals surface area contributed by atoms with Crippen molar-refractivity contribution in [2.45, 2.75) is 44.2 Å². The molecule has 0 aromatic carbocycles. The summed E-state index contributed by atoms with van der Waals surface area (Å²) in [5.74, 6) is 0.528. The van der Waals surface area contributed by atoms with Gasteiger partial charge in [-0.05, 0) is 25.0 Å². The lowest BCUT2D eigenvalue weighted by Crippen LogP contribution is -2.54. The Bertz CT molecular complexity index is 719. The number of nitrogens with two attached hydrogens (primary N) is 1. The van der Waals surface area contributed by atoms with Gasteiger partial charge in [-0.25, -0.2) is 4.98 Å². The number of aromatic nitrogens is 4. The summed E-state index contributed by atoms with van der Waals surface area (Å²) in [5.41, 5.74) is 3.91. The van der Waals surface area contributed by atoms with Crippen LogP contribution in [0.3, 0.4) is 0 Å². The minimum Gasteiger partial charge on any atom is -0.390 e. The fourth-order valence-corrected chi connectivity index (χ4v) is 2.76. The number of nitrogens with zero attached hydrogens (tertiary/aromatic N) is 5. The van der Waals surface area contributed by atoms with E-state index in [9.17, 15) is 23.4 Å². The van der Waals surface area contributed by atoms with Crippen molar-refractivity contribution in [2.24, 2.45) is 0 Å². The van der Waals surface area contributed by atoms with E-state index in [4.69, 9.17) is 5.73 Å². The van der Waals surface area contributed by atoms with Crippen LogP contribution >= 0.6 is 0 Å². The Balaban J connectivity index is 0.000000208. The third-order valence-corrected chi connectivity index (χ3v) is 4.07. The monoisotopic (exact) mass is 386 g/mol. The number of aliphatic hydroxyl groups is 2. The first-order valence-electron chi connectivity index (χ1n) is 8.29. The van der Waals surface area contributed by atoms with Crippen LogP contribution < -0.4 is 10.6 Å². The highest BCUT2D eigenvalue weighted by molar-refractivity contribution is 5.39. The topological polar surface area (TPSA) is 121 Å². The van der Waals surface area contributed by atoms with Crippen LogP contribution in [0.25, 0.3) is 0 Å². The van der Waals surface area contributed by atoms with Crippen LogP contribution in [-0.4, -0.2) is 55.2 Å². The van der Waals surface area contributed by atoms with Crippen molar-refractivity contribution in [1.29, 1.82) is 0 Å². The molecule has 0 radical (unpaired) electrons. The lowest BCUT2D eigenvalue weighted by atomic mass is 9.94. The Labute approximate surface area is 153 Å². The van der Waals surface area contributed by atoms with Crippen LogP contribution in [0, 0.1) is 0 Å². The molecule has 0 amide bonds. The molecule has 0 spiro atoms. The van der Waals surface area contributed by atoms with Crippen LogP contribution in [-0.2, 0) is 6.18 Å². The number of hydrogen-bond donors (Lipinski definition) is 3. The van der Waals surface area contributed by atoms with Gasteiger partial charge in [-0.15, -0.1) is 5.10 Å². The van der Waals surface area contributed by atoms with Crippen molar-refractivity contribution in [3.05, 3.63) is 36.4 Å². The zero-order valence-corrected chi connectivity index (χ0v) is 14.6. The van der Waals surface area contributed by atoms with E-state index >= 15 is 0 Å². The summed E-state index contributed by atoms with van der Waals surface area (Å²) in [6.45, 7) is 2.70. The quantitative estimate of drug-likeness (QED) is 0.705. The summed E-state index contributed by atoms with van der Waals surface area (Å²) < 4.78 is 35.4. The normalized spacial score (nSPS) is 22.7. The number of rotatable bonds is 2. The van der Waals surface area contributed by atoms with Gasteiger partial charge in [-0.1, -0.05) is 6.92 Å². The van der Waals surface area contributed by atoms with Gasteiger partial charge in [-0.3, -0.25) is 4.98 Å². The molecule has 2 aromatic rings. The van der Waals surface area contributed by atoms with Gasteiger partial charge < -0.3 is 20.8 Å². The number of alkyl halides is 3. The average Bonchev–Trinajstić information content (AvgIpc) is 2.64. The van der Waals surface area contributed by atoms with E-state index < -0.39 is 24.1 Å². The Kier molecular flexibility index (Phi) is 6.86. The standard InChI is InChI=1S/C11H17N3O2.C5H4F3N3/c1-2-8-11(16)9(15)5-7-14(8)10-4-3-6-12-13-10;6-5(7,8)3-1-10-2-4(9)11-3/h3-4,6,8-9,11,15-16H,2,5,7H2,1H3;1-2H,(H2,9,11). The number of aliphatic hydroxyl groups excluding tert-OH is 2. The molecule has 0 saturated carbocycles. The second-order valence-electron chi connectivity index (χ2n) is 5.92. The first-order valence-corrected chi connectivity index (χ1v) is 8.29. The van der Waals surface area contributed by atoms with Crippen molar-refractivity contribution in [2.75, 3.05) is 17.2 Å². The Morgan fingerprint density at radius 1 is 1.30 bits per heavy atom. The van der Waals surface area contributed by atoms with Gasteiger partial charge in [-0.2, -0.15) is 18.3 Å². The highest BCUT2D eigenvalue weighted by Crippen LogP contribution is 2.27. The van der Waals surface area contributed by atoms with Gasteiger partial charge in [0.05, 0.1) is 24.5 Å². The van der Waals surface area contributed by atoms with Gasteiger partial charge in [0.2, 0.25) is 0 Å². The van der Waals surface area contributed by atoms with Crippen molar-refractivity contribution in [1.82, 2.24) is 20.2 Å². The maximum absolute atomic E-state index is 11.8. The first kappa shape index (κ1) is 20.8. The van der Waals surface area contributed by atoms with E-state index in [1.165, 1.54) is 0 Å². The van der Waals surface area contributed by atoms with Crippen LogP contribution in [0.5, 0.6) is 0 Å². The molecular formula is C16H21F3N6O2. The molecule has 11 heteroatoms. The number of hydrogen-bond acceptors (Lipinski definition) is 8. The zero-order valence-electron chi connectivity index (χ0n) is 14.6. The molecule has 148 valence electrons. The van der Waals surface area contributed by atoms with Crippen molar-refractivity contribution in [3.63, 3.8) is 0 Å². The second-order valence-corrected chi connectivity index (χ2v) is 5.92. The van der Waals surface area contributed by atoms with Crippen molar-refractivity contribution < 1.29 is 23.4 Å². The Morgan fingerprint density at radius 2 is 2.04 bits per heavy atom. The highest BCUT2D eigenvalue weighted by Gasteiger charge is 2.35.